The van der Waals surface area contributed by atoms with Gasteiger partial charge in [-0.05, 0) is 49.8 Å². The van der Waals surface area contributed by atoms with Gasteiger partial charge in [0.25, 0.3) is 0 Å². The lowest BCUT2D eigenvalue weighted by Crippen LogP contribution is -2.24. The van der Waals surface area contributed by atoms with Crippen molar-refractivity contribution in [3.63, 3.8) is 0 Å². The molecule has 2 rings (SSSR count). The molecule has 1 aromatic rings. The average molecular weight is 260 g/mol. The van der Waals surface area contributed by atoms with Gasteiger partial charge in [0.15, 0.2) is 0 Å². The van der Waals surface area contributed by atoms with Gasteiger partial charge in [0.05, 0.1) is 6.42 Å². The van der Waals surface area contributed by atoms with Crippen LogP contribution in [0.25, 0.3) is 0 Å². The van der Waals surface area contributed by atoms with Crippen molar-refractivity contribution >= 4 is 11.6 Å². The zero-order chi connectivity index (χ0) is 13.7. The number of hydrogen-bond acceptors (Lipinski definition) is 2. The largest absolute Gasteiger partial charge is 0.382 e. The van der Waals surface area contributed by atoms with Crippen LogP contribution in [-0.2, 0) is 11.2 Å². The lowest BCUT2D eigenvalue weighted by molar-refractivity contribution is -0.120. The minimum Gasteiger partial charge on any atom is -0.382 e. The summed E-state index contributed by atoms with van der Waals surface area (Å²) in [4.78, 5) is 11.5. The van der Waals surface area contributed by atoms with Crippen LogP contribution in [0.4, 0.5) is 5.69 Å². The molecule has 104 valence electrons. The van der Waals surface area contributed by atoms with Gasteiger partial charge in [-0.15, -0.1) is 0 Å². The quantitative estimate of drug-likeness (QED) is 0.791. The molecule has 1 saturated carbocycles. The van der Waals surface area contributed by atoms with Crippen LogP contribution in [0.1, 0.15) is 38.7 Å². The highest BCUT2D eigenvalue weighted by Gasteiger charge is 2.29. The molecule has 3 nitrogen and oxygen atoms in total. The molecule has 1 atom stereocenters. The smallest absolute Gasteiger partial charge is 0.224 e. The Labute approximate surface area is 115 Å². The molecule has 1 aromatic carbocycles. The maximum atomic E-state index is 11.5. The second kappa shape index (κ2) is 6.60. The molecule has 1 fully saturated rings. The van der Waals surface area contributed by atoms with Crippen molar-refractivity contribution in [1.29, 1.82) is 0 Å². The third kappa shape index (κ3) is 4.27. The maximum absolute atomic E-state index is 11.5. The highest BCUT2D eigenvalue weighted by atomic mass is 16.1. The van der Waals surface area contributed by atoms with Gasteiger partial charge >= 0.3 is 0 Å². The number of carbonyl (C=O) groups excluding carboxylic acids is 1. The Hall–Kier alpha value is -1.51. The number of nitrogens with one attached hydrogen (secondary N) is 2. The summed E-state index contributed by atoms with van der Waals surface area (Å²) in [6, 6.07) is 8.85. The molecule has 2 N–H and O–H groups in total. The molecule has 1 aliphatic rings. The molecular weight excluding hydrogens is 236 g/mol. The Balaban J connectivity index is 1.88. The number of likely N-dealkylation sites (N-methyl/N-ethyl adjacent to an activating group) is 1. The summed E-state index contributed by atoms with van der Waals surface area (Å²) in [5, 5.41) is 6.41. The summed E-state index contributed by atoms with van der Waals surface area (Å²) in [6.45, 7) is 4.87. The minimum atomic E-state index is 0.0904. The molecule has 3 heteroatoms. The van der Waals surface area contributed by atoms with E-state index in [-0.39, 0.29) is 5.91 Å². The summed E-state index contributed by atoms with van der Waals surface area (Å²) in [7, 11) is 0. The predicted molar refractivity (Wildman–Crippen MR) is 79.3 cm³/mol. The van der Waals surface area contributed by atoms with E-state index >= 15 is 0 Å². The van der Waals surface area contributed by atoms with Gasteiger partial charge in [-0.2, -0.15) is 0 Å². The summed E-state index contributed by atoms with van der Waals surface area (Å²) >= 11 is 0. The van der Waals surface area contributed by atoms with Gasteiger partial charge in [0.2, 0.25) is 5.91 Å². The molecule has 0 aromatic heterocycles. The molecule has 1 amide bonds. The van der Waals surface area contributed by atoms with Crippen LogP contribution < -0.4 is 10.6 Å². The van der Waals surface area contributed by atoms with Gasteiger partial charge in [-0.1, -0.05) is 19.1 Å². The van der Waals surface area contributed by atoms with Gasteiger partial charge < -0.3 is 10.6 Å². The Morgan fingerprint density at radius 3 is 2.47 bits per heavy atom. The van der Waals surface area contributed by atoms with E-state index in [1.165, 1.54) is 24.9 Å². The molecule has 0 saturated heterocycles. The minimum absolute atomic E-state index is 0.0904. The van der Waals surface area contributed by atoms with Crippen molar-refractivity contribution in [2.45, 2.75) is 45.6 Å². The van der Waals surface area contributed by atoms with E-state index in [1.54, 1.807) is 0 Å². The second-order valence-electron chi connectivity index (χ2n) is 5.32. The summed E-state index contributed by atoms with van der Waals surface area (Å²) in [5.41, 5.74) is 2.23. The first-order chi connectivity index (χ1) is 9.22. The molecule has 1 aliphatic carbocycles. The van der Waals surface area contributed by atoms with Gasteiger partial charge in [0, 0.05) is 18.3 Å². The maximum Gasteiger partial charge on any atom is 0.224 e. The number of hydrogen-bond donors (Lipinski definition) is 2. The Bertz CT molecular complexity index is 409. The van der Waals surface area contributed by atoms with Gasteiger partial charge in [0.1, 0.15) is 0 Å². The number of benzene rings is 1. The van der Waals surface area contributed by atoms with E-state index in [2.05, 4.69) is 29.7 Å². The SMILES string of the molecule is CCNC(=O)Cc1ccc(NC(CC)C2CC2)cc1. The van der Waals surface area contributed by atoms with E-state index < -0.39 is 0 Å². The van der Waals surface area contributed by atoms with Crippen LogP contribution in [0, 0.1) is 5.92 Å². The van der Waals surface area contributed by atoms with Crippen molar-refractivity contribution in [2.24, 2.45) is 5.92 Å². The zero-order valence-electron chi connectivity index (χ0n) is 11.9. The summed E-state index contributed by atoms with van der Waals surface area (Å²) in [5.74, 6) is 0.952. The summed E-state index contributed by atoms with van der Waals surface area (Å²) < 4.78 is 0. The lowest BCUT2D eigenvalue weighted by atomic mass is 10.1. The standard InChI is InChI=1S/C16H24N2O/c1-3-15(13-7-8-13)18-14-9-5-12(6-10-14)11-16(19)17-4-2/h5-6,9-10,13,15,18H,3-4,7-8,11H2,1-2H3,(H,17,19). The molecule has 0 aliphatic heterocycles. The Morgan fingerprint density at radius 1 is 1.26 bits per heavy atom. The molecule has 1 unspecified atom stereocenters. The number of carbonyl (C=O) groups is 1. The van der Waals surface area contributed by atoms with Crippen molar-refractivity contribution < 1.29 is 4.79 Å². The van der Waals surface area contributed by atoms with Crippen LogP contribution in [0.15, 0.2) is 24.3 Å². The van der Waals surface area contributed by atoms with Crippen LogP contribution >= 0.6 is 0 Å². The van der Waals surface area contributed by atoms with E-state index in [1.807, 2.05) is 19.1 Å². The van der Waals surface area contributed by atoms with Crippen LogP contribution in [-0.4, -0.2) is 18.5 Å². The van der Waals surface area contributed by atoms with Crippen molar-refractivity contribution in [2.75, 3.05) is 11.9 Å². The molecular formula is C16H24N2O. The van der Waals surface area contributed by atoms with Crippen LogP contribution in [0.2, 0.25) is 0 Å². The topological polar surface area (TPSA) is 41.1 Å². The van der Waals surface area contributed by atoms with Crippen molar-refractivity contribution in [3.8, 4) is 0 Å². The molecule has 0 bridgehead atoms. The number of rotatable bonds is 7. The van der Waals surface area contributed by atoms with E-state index in [0.717, 1.165) is 11.5 Å². The Kier molecular flexibility index (Phi) is 4.83. The first kappa shape index (κ1) is 13.9. The fourth-order valence-electron chi connectivity index (χ4n) is 2.43. The van der Waals surface area contributed by atoms with Crippen molar-refractivity contribution in [3.05, 3.63) is 29.8 Å². The monoisotopic (exact) mass is 260 g/mol. The molecule has 0 heterocycles. The lowest BCUT2D eigenvalue weighted by Gasteiger charge is -2.17. The third-order valence-corrected chi connectivity index (χ3v) is 3.68. The predicted octanol–water partition coefficient (Wildman–Crippen LogP) is 2.97. The van der Waals surface area contributed by atoms with Crippen LogP contribution in [0.3, 0.4) is 0 Å². The van der Waals surface area contributed by atoms with Crippen molar-refractivity contribution in [1.82, 2.24) is 5.32 Å². The van der Waals surface area contributed by atoms with E-state index in [0.29, 0.717) is 19.0 Å². The normalized spacial score (nSPS) is 15.9. The van der Waals surface area contributed by atoms with Crippen LogP contribution in [0.5, 0.6) is 0 Å². The van der Waals surface area contributed by atoms with E-state index in [4.69, 9.17) is 0 Å². The zero-order valence-corrected chi connectivity index (χ0v) is 11.9. The van der Waals surface area contributed by atoms with E-state index in [9.17, 15) is 4.79 Å². The molecule has 19 heavy (non-hydrogen) atoms. The average Bonchev–Trinajstić information content (AvgIpc) is 3.22. The third-order valence-electron chi connectivity index (χ3n) is 3.68. The second-order valence-corrected chi connectivity index (χ2v) is 5.32. The molecule has 0 spiro atoms. The van der Waals surface area contributed by atoms with Gasteiger partial charge in [-0.3, -0.25) is 4.79 Å². The number of amides is 1. The highest BCUT2D eigenvalue weighted by molar-refractivity contribution is 5.78. The first-order valence-electron chi connectivity index (χ1n) is 7.35. The Morgan fingerprint density at radius 2 is 1.95 bits per heavy atom. The first-order valence-corrected chi connectivity index (χ1v) is 7.35. The highest BCUT2D eigenvalue weighted by Crippen LogP contribution is 2.35. The van der Waals surface area contributed by atoms with Gasteiger partial charge in [-0.25, -0.2) is 0 Å². The fraction of sp³-hybridized carbons (Fsp3) is 0.562. The summed E-state index contributed by atoms with van der Waals surface area (Å²) in [6.07, 6.45) is 4.36. The molecule has 0 radical (unpaired) electrons. The number of anilines is 1. The fourth-order valence-corrected chi connectivity index (χ4v) is 2.43.